The summed E-state index contributed by atoms with van der Waals surface area (Å²) in [4.78, 5) is 8.94. The largest absolute Gasteiger partial charge is 0.497 e. The Bertz CT molecular complexity index is 670. The Morgan fingerprint density at radius 3 is 3.00 bits per heavy atom. The molecule has 2 aromatic rings. The highest BCUT2D eigenvalue weighted by molar-refractivity contribution is 5.42. The average molecular weight is 298 g/mol. The van der Waals surface area contributed by atoms with Crippen LogP contribution in [0.1, 0.15) is 29.6 Å². The summed E-state index contributed by atoms with van der Waals surface area (Å²) in [7, 11) is 1.68. The monoisotopic (exact) mass is 298 g/mol. The summed E-state index contributed by atoms with van der Waals surface area (Å²) >= 11 is 0. The van der Waals surface area contributed by atoms with E-state index in [4.69, 9.17) is 9.47 Å². The van der Waals surface area contributed by atoms with Crippen LogP contribution in [-0.2, 0) is 19.3 Å². The quantitative estimate of drug-likeness (QED) is 0.870. The van der Waals surface area contributed by atoms with Gasteiger partial charge >= 0.3 is 0 Å². The van der Waals surface area contributed by atoms with Crippen LogP contribution in [0.2, 0.25) is 0 Å². The number of aryl methyl sites for hydroxylation is 2. The van der Waals surface area contributed by atoms with Gasteiger partial charge in [-0.05, 0) is 43.4 Å². The molecule has 4 nitrogen and oxygen atoms in total. The van der Waals surface area contributed by atoms with Crippen molar-refractivity contribution in [3.05, 3.63) is 47.0 Å². The number of ether oxygens (including phenoxy) is 2. The Morgan fingerprint density at radius 2 is 2.23 bits per heavy atom. The van der Waals surface area contributed by atoms with E-state index in [0.717, 1.165) is 43.2 Å². The first-order chi connectivity index (χ1) is 10.7. The number of hydrogen-bond acceptors (Lipinski definition) is 4. The molecular weight excluding hydrogens is 276 g/mol. The normalized spacial score (nSPS) is 16.8. The molecule has 116 valence electrons. The Labute approximate surface area is 131 Å². The van der Waals surface area contributed by atoms with Crippen LogP contribution in [0, 0.1) is 12.8 Å². The molecule has 0 amide bonds. The summed E-state index contributed by atoms with van der Waals surface area (Å²) in [6, 6.07) is 6.07. The van der Waals surface area contributed by atoms with Crippen LogP contribution in [0.25, 0.3) is 0 Å². The predicted molar refractivity (Wildman–Crippen MR) is 85.5 cm³/mol. The van der Waals surface area contributed by atoms with Gasteiger partial charge in [0.1, 0.15) is 17.3 Å². The molecule has 1 aromatic carbocycles. The number of methoxy groups -OCH3 is 1. The maximum atomic E-state index is 5.93. The number of fused-ring (bicyclic) bond motifs is 1. The molecule has 0 radical (unpaired) electrons. The minimum absolute atomic E-state index is 0.459. The molecule has 1 aliphatic rings. The van der Waals surface area contributed by atoms with Crippen LogP contribution < -0.4 is 9.47 Å². The maximum Gasteiger partial charge on any atom is 0.126 e. The lowest BCUT2D eigenvalue weighted by atomic mass is 9.91. The zero-order chi connectivity index (χ0) is 15.5. The van der Waals surface area contributed by atoms with E-state index >= 15 is 0 Å². The van der Waals surface area contributed by atoms with E-state index in [1.165, 1.54) is 16.8 Å². The molecule has 0 aliphatic carbocycles. The van der Waals surface area contributed by atoms with Crippen LogP contribution in [0.5, 0.6) is 11.5 Å². The zero-order valence-electron chi connectivity index (χ0n) is 13.4. The first kappa shape index (κ1) is 14.8. The van der Waals surface area contributed by atoms with E-state index in [1.807, 2.05) is 25.3 Å². The Hall–Kier alpha value is -2.10. The van der Waals surface area contributed by atoms with Crippen molar-refractivity contribution >= 4 is 0 Å². The Morgan fingerprint density at radius 1 is 1.36 bits per heavy atom. The smallest absolute Gasteiger partial charge is 0.126 e. The molecule has 22 heavy (non-hydrogen) atoms. The number of nitrogens with zero attached hydrogens (tertiary/aromatic N) is 2. The van der Waals surface area contributed by atoms with Gasteiger partial charge in [-0.2, -0.15) is 0 Å². The minimum atomic E-state index is 0.459. The molecule has 0 saturated heterocycles. The van der Waals surface area contributed by atoms with Gasteiger partial charge in [0.2, 0.25) is 0 Å². The number of aromatic nitrogens is 2. The summed E-state index contributed by atoms with van der Waals surface area (Å²) in [5, 5.41) is 0. The van der Waals surface area contributed by atoms with Crippen molar-refractivity contribution < 1.29 is 9.47 Å². The lowest BCUT2D eigenvalue weighted by Gasteiger charge is -2.26. The van der Waals surface area contributed by atoms with Crippen molar-refractivity contribution in [3.8, 4) is 11.5 Å². The standard InChI is InChI=1S/C18H22N2O2/c1-4-14-10-19-12(2)20-17(14)8-13-7-15-5-6-16(21-3)9-18(15)22-11-13/h5-6,9-10,13H,4,7-8,11H2,1-3H3/t13-/m0/s1. The van der Waals surface area contributed by atoms with Crippen molar-refractivity contribution in [1.29, 1.82) is 0 Å². The summed E-state index contributed by atoms with van der Waals surface area (Å²) < 4.78 is 11.2. The fraction of sp³-hybridized carbons (Fsp3) is 0.444. The summed E-state index contributed by atoms with van der Waals surface area (Å²) in [6.07, 6.45) is 4.89. The highest BCUT2D eigenvalue weighted by Gasteiger charge is 2.22. The molecule has 0 spiro atoms. The lowest BCUT2D eigenvalue weighted by Crippen LogP contribution is -2.24. The molecule has 1 aliphatic heterocycles. The molecule has 3 rings (SSSR count). The van der Waals surface area contributed by atoms with E-state index in [0.29, 0.717) is 5.92 Å². The van der Waals surface area contributed by atoms with Crippen LogP contribution >= 0.6 is 0 Å². The first-order valence-electron chi connectivity index (χ1n) is 7.80. The van der Waals surface area contributed by atoms with E-state index in [2.05, 4.69) is 23.0 Å². The molecule has 4 heteroatoms. The third-order valence-corrected chi connectivity index (χ3v) is 4.20. The molecule has 2 heterocycles. The third-order valence-electron chi connectivity index (χ3n) is 4.20. The Kier molecular flexibility index (Phi) is 4.27. The molecular formula is C18H22N2O2. The van der Waals surface area contributed by atoms with Gasteiger partial charge in [0.05, 0.1) is 13.7 Å². The zero-order valence-corrected chi connectivity index (χ0v) is 13.4. The van der Waals surface area contributed by atoms with Crippen LogP contribution in [0.4, 0.5) is 0 Å². The van der Waals surface area contributed by atoms with Crippen LogP contribution in [0.15, 0.2) is 24.4 Å². The highest BCUT2D eigenvalue weighted by atomic mass is 16.5. The van der Waals surface area contributed by atoms with Gasteiger partial charge in [0, 0.05) is 23.9 Å². The van der Waals surface area contributed by atoms with E-state index in [-0.39, 0.29) is 0 Å². The second-order valence-corrected chi connectivity index (χ2v) is 5.80. The van der Waals surface area contributed by atoms with Gasteiger partial charge in [-0.1, -0.05) is 13.0 Å². The fourth-order valence-electron chi connectivity index (χ4n) is 2.96. The molecule has 1 atom stereocenters. The topological polar surface area (TPSA) is 44.2 Å². The van der Waals surface area contributed by atoms with Crippen molar-refractivity contribution in [1.82, 2.24) is 9.97 Å². The van der Waals surface area contributed by atoms with Crippen LogP contribution in [0.3, 0.4) is 0 Å². The van der Waals surface area contributed by atoms with E-state index in [1.54, 1.807) is 7.11 Å². The lowest BCUT2D eigenvalue weighted by molar-refractivity contribution is 0.219. The maximum absolute atomic E-state index is 5.93. The van der Waals surface area contributed by atoms with Gasteiger partial charge in [-0.3, -0.25) is 0 Å². The van der Waals surface area contributed by atoms with Crippen molar-refractivity contribution in [2.45, 2.75) is 33.1 Å². The SMILES string of the molecule is CCc1cnc(C)nc1C[C@H]1COc2cc(OC)ccc2C1. The van der Waals surface area contributed by atoms with Gasteiger partial charge in [0.15, 0.2) is 0 Å². The van der Waals surface area contributed by atoms with Gasteiger partial charge in [-0.25, -0.2) is 9.97 Å². The van der Waals surface area contributed by atoms with Crippen molar-refractivity contribution in [2.24, 2.45) is 5.92 Å². The van der Waals surface area contributed by atoms with Gasteiger partial charge in [-0.15, -0.1) is 0 Å². The summed E-state index contributed by atoms with van der Waals surface area (Å²) in [6.45, 7) is 4.82. The summed E-state index contributed by atoms with van der Waals surface area (Å²) in [5.41, 5.74) is 3.66. The van der Waals surface area contributed by atoms with Crippen LogP contribution in [-0.4, -0.2) is 23.7 Å². The average Bonchev–Trinajstić information content (AvgIpc) is 2.54. The number of rotatable bonds is 4. The second kappa shape index (κ2) is 6.34. The van der Waals surface area contributed by atoms with Crippen molar-refractivity contribution in [3.63, 3.8) is 0 Å². The number of hydrogen-bond donors (Lipinski definition) is 0. The third kappa shape index (κ3) is 3.06. The molecule has 0 fully saturated rings. The molecule has 0 bridgehead atoms. The van der Waals surface area contributed by atoms with E-state index in [9.17, 15) is 0 Å². The molecule has 0 unspecified atom stereocenters. The second-order valence-electron chi connectivity index (χ2n) is 5.80. The molecule has 0 N–H and O–H groups in total. The Balaban J connectivity index is 1.76. The highest BCUT2D eigenvalue weighted by Crippen LogP contribution is 2.32. The number of benzene rings is 1. The molecule has 1 aromatic heterocycles. The van der Waals surface area contributed by atoms with Gasteiger partial charge in [0.25, 0.3) is 0 Å². The summed E-state index contributed by atoms with van der Waals surface area (Å²) in [5.74, 6) is 3.09. The van der Waals surface area contributed by atoms with Gasteiger partial charge < -0.3 is 9.47 Å². The predicted octanol–water partition coefficient (Wildman–Crippen LogP) is 3.15. The molecule has 0 saturated carbocycles. The minimum Gasteiger partial charge on any atom is -0.497 e. The fourth-order valence-corrected chi connectivity index (χ4v) is 2.96. The first-order valence-corrected chi connectivity index (χ1v) is 7.80. The van der Waals surface area contributed by atoms with Crippen molar-refractivity contribution in [2.75, 3.05) is 13.7 Å². The van der Waals surface area contributed by atoms with E-state index < -0.39 is 0 Å².